The lowest BCUT2D eigenvalue weighted by atomic mass is 10.2. The van der Waals surface area contributed by atoms with Crippen LogP contribution in [0.2, 0.25) is 0 Å². The lowest BCUT2D eigenvalue weighted by Gasteiger charge is -2.42. The van der Waals surface area contributed by atoms with Crippen LogP contribution in [-0.4, -0.2) is 17.2 Å². The van der Waals surface area contributed by atoms with Crippen LogP contribution in [0.1, 0.15) is 11.7 Å². The Bertz CT molecular complexity index is 587. The maximum Gasteiger partial charge on any atom is 0.205 e. The summed E-state index contributed by atoms with van der Waals surface area (Å²) in [5, 5.41) is 4.46. The fourth-order valence-corrected chi connectivity index (χ4v) is 2.38. The van der Waals surface area contributed by atoms with Gasteiger partial charge in [-0.2, -0.15) is 0 Å². The average molecular weight is 284 g/mol. The van der Waals surface area contributed by atoms with Crippen molar-refractivity contribution in [1.29, 1.82) is 0 Å². The molecule has 5 heteroatoms. The van der Waals surface area contributed by atoms with Crippen LogP contribution < -0.4 is 15.9 Å². The number of nitrogens with zero attached hydrogens (tertiary/aromatic N) is 2. The third kappa shape index (κ3) is 2.51. The molecule has 1 saturated heterocycles. The molecule has 1 heterocycles. The largest absolute Gasteiger partial charge is 0.284 e. The monoisotopic (exact) mass is 284 g/mol. The van der Waals surface area contributed by atoms with E-state index in [1.165, 1.54) is 0 Å². The number of hydrogen-bond donors (Lipinski definition) is 2. The van der Waals surface area contributed by atoms with Gasteiger partial charge in [-0.15, -0.1) is 0 Å². The minimum absolute atomic E-state index is 0.0203. The summed E-state index contributed by atoms with van der Waals surface area (Å²) in [7, 11) is 1.93. The van der Waals surface area contributed by atoms with Crippen LogP contribution in [0.15, 0.2) is 60.7 Å². The van der Waals surface area contributed by atoms with Gasteiger partial charge in [-0.3, -0.25) is 5.01 Å². The summed E-state index contributed by atoms with van der Waals surface area (Å²) in [5.41, 5.74) is 8.90. The van der Waals surface area contributed by atoms with E-state index in [9.17, 15) is 0 Å². The first-order chi connectivity index (χ1) is 9.75. The normalized spacial score (nSPS) is 19.2. The minimum Gasteiger partial charge on any atom is -0.284 e. The van der Waals surface area contributed by atoms with Gasteiger partial charge in [0.25, 0.3) is 0 Å². The second-order valence-electron chi connectivity index (χ2n) is 4.61. The molecule has 1 atom stereocenters. The predicted octanol–water partition coefficient (Wildman–Crippen LogP) is 2.43. The second-order valence-corrected chi connectivity index (χ2v) is 4.98. The van der Waals surface area contributed by atoms with E-state index >= 15 is 0 Å². The van der Waals surface area contributed by atoms with Crippen LogP contribution in [0.5, 0.6) is 0 Å². The first kappa shape index (κ1) is 13.1. The second kappa shape index (κ2) is 5.58. The molecule has 1 fully saturated rings. The molecule has 4 nitrogen and oxygen atoms in total. The summed E-state index contributed by atoms with van der Waals surface area (Å²) in [6.07, 6.45) is -0.0203. The number of para-hydroxylation sites is 1. The molecule has 20 heavy (non-hydrogen) atoms. The van der Waals surface area contributed by atoms with E-state index in [0.717, 1.165) is 11.3 Å². The SMILES string of the molecule is CN1NC(c2ccccc2)NN(c2ccccc2)C1=S. The van der Waals surface area contributed by atoms with Crippen LogP contribution in [0.25, 0.3) is 0 Å². The van der Waals surface area contributed by atoms with Gasteiger partial charge in [0.1, 0.15) is 6.17 Å². The van der Waals surface area contributed by atoms with Crippen LogP contribution in [-0.2, 0) is 0 Å². The van der Waals surface area contributed by atoms with Crippen LogP contribution in [0, 0.1) is 0 Å². The smallest absolute Gasteiger partial charge is 0.205 e. The Morgan fingerprint density at radius 3 is 2.15 bits per heavy atom. The summed E-state index contributed by atoms with van der Waals surface area (Å²) in [6.45, 7) is 0. The van der Waals surface area contributed by atoms with E-state index in [0.29, 0.717) is 5.11 Å². The number of rotatable bonds is 2. The van der Waals surface area contributed by atoms with Gasteiger partial charge >= 0.3 is 0 Å². The van der Waals surface area contributed by atoms with Crippen molar-refractivity contribution >= 4 is 23.0 Å². The van der Waals surface area contributed by atoms with Crippen molar-refractivity contribution in [3.8, 4) is 0 Å². The zero-order valence-electron chi connectivity index (χ0n) is 11.2. The summed E-state index contributed by atoms with van der Waals surface area (Å²) in [6, 6.07) is 20.3. The highest BCUT2D eigenvalue weighted by molar-refractivity contribution is 7.80. The van der Waals surface area contributed by atoms with Crippen molar-refractivity contribution in [2.75, 3.05) is 12.1 Å². The number of nitrogens with one attached hydrogen (secondary N) is 2. The molecule has 0 spiro atoms. The summed E-state index contributed by atoms with van der Waals surface area (Å²) in [4.78, 5) is 0. The molecular formula is C15H16N4S. The van der Waals surface area contributed by atoms with Gasteiger partial charge in [-0.05, 0) is 29.9 Å². The molecule has 3 rings (SSSR count). The molecule has 0 aliphatic carbocycles. The highest BCUT2D eigenvalue weighted by Gasteiger charge is 2.27. The zero-order chi connectivity index (χ0) is 13.9. The molecule has 2 aromatic rings. The lowest BCUT2D eigenvalue weighted by molar-refractivity contribution is 0.240. The third-order valence-electron chi connectivity index (χ3n) is 3.21. The fraction of sp³-hybridized carbons (Fsp3) is 0.133. The summed E-state index contributed by atoms with van der Waals surface area (Å²) in [5.74, 6) is 0. The number of hydrogen-bond acceptors (Lipinski definition) is 3. The Kier molecular flexibility index (Phi) is 3.64. The van der Waals surface area contributed by atoms with Crippen LogP contribution >= 0.6 is 12.2 Å². The summed E-state index contributed by atoms with van der Waals surface area (Å²) >= 11 is 5.46. The van der Waals surface area contributed by atoms with E-state index in [1.54, 1.807) is 0 Å². The van der Waals surface area contributed by atoms with E-state index in [4.69, 9.17) is 12.2 Å². The van der Waals surface area contributed by atoms with Crippen molar-refractivity contribution in [3.05, 3.63) is 66.2 Å². The van der Waals surface area contributed by atoms with E-state index in [1.807, 2.05) is 65.6 Å². The molecule has 2 N–H and O–H groups in total. The molecule has 2 aromatic carbocycles. The highest BCUT2D eigenvalue weighted by Crippen LogP contribution is 2.20. The van der Waals surface area contributed by atoms with Crippen LogP contribution in [0.3, 0.4) is 0 Å². The van der Waals surface area contributed by atoms with E-state index < -0.39 is 0 Å². The average Bonchev–Trinajstić information content (AvgIpc) is 2.51. The maximum atomic E-state index is 5.46. The maximum absolute atomic E-state index is 5.46. The van der Waals surface area contributed by atoms with Crippen molar-refractivity contribution in [2.45, 2.75) is 6.17 Å². The number of hydrazine groups is 2. The van der Waals surface area contributed by atoms with Crippen molar-refractivity contribution < 1.29 is 0 Å². The van der Waals surface area contributed by atoms with Gasteiger partial charge in [-0.1, -0.05) is 48.5 Å². The fourth-order valence-electron chi connectivity index (χ4n) is 2.17. The molecule has 1 aliphatic heterocycles. The lowest BCUT2D eigenvalue weighted by Crippen LogP contribution is -2.63. The van der Waals surface area contributed by atoms with Gasteiger partial charge in [-0.25, -0.2) is 15.9 Å². The number of thiocarbonyl (C=S) groups is 1. The molecule has 1 unspecified atom stereocenters. The number of anilines is 1. The number of benzene rings is 2. The van der Waals surface area contributed by atoms with Gasteiger partial charge in [0.05, 0.1) is 5.69 Å². The Morgan fingerprint density at radius 2 is 1.50 bits per heavy atom. The van der Waals surface area contributed by atoms with Crippen LogP contribution in [0.4, 0.5) is 5.69 Å². The first-order valence-electron chi connectivity index (χ1n) is 6.46. The third-order valence-corrected chi connectivity index (χ3v) is 3.66. The molecule has 0 bridgehead atoms. The predicted molar refractivity (Wildman–Crippen MR) is 84.7 cm³/mol. The minimum atomic E-state index is -0.0203. The van der Waals surface area contributed by atoms with E-state index in [2.05, 4.69) is 23.0 Å². The molecule has 0 aromatic heterocycles. The Labute approximate surface area is 123 Å². The zero-order valence-corrected chi connectivity index (χ0v) is 12.0. The van der Waals surface area contributed by atoms with Gasteiger partial charge in [0.2, 0.25) is 5.11 Å². The first-order valence-corrected chi connectivity index (χ1v) is 6.87. The van der Waals surface area contributed by atoms with Crippen molar-refractivity contribution in [2.24, 2.45) is 0 Å². The molecular weight excluding hydrogens is 268 g/mol. The van der Waals surface area contributed by atoms with Crippen molar-refractivity contribution in [3.63, 3.8) is 0 Å². The molecule has 0 saturated carbocycles. The topological polar surface area (TPSA) is 30.5 Å². The Morgan fingerprint density at radius 1 is 0.900 bits per heavy atom. The summed E-state index contributed by atoms with van der Waals surface area (Å²) < 4.78 is 0. The quantitative estimate of drug-likeness (QED) is 0.827. The Hall–Kier alpha value is -1.95. The van der Waals surface area contributed by atoms with E-state index in [-0.39, 0.29) is 6.17 Å². The molecule has 102 valence electrons. The standard InChI is InChI=1S/C15H16N4S/c1-18-15(20)19(13-10-6-3-7-11-13)17-14(16-18)12-8-4-2-5-9-12/h2-11,14,16-17H,1H3. The molecule has 1 aliphatic rings. The van der Waals surface area contributed by atoms with Gasteiger partial charge in [0, 0.05) is 7.05 Å². The van der Waals surface area contributed by atoms with Gasteiger partial charge < -0.3 is 0 Å². The van der Waals surface area contributed by atoms with Gasteiger partial charge in [0.15, 0.2) is 0 Å². The Balaban J connectivity index is 1.89. The highest BCUT2D eigenvalue weighted by atomic mass is 32.1. The molecule has 0 radical (unpaired) electrons. The van der Waals surface area contributed by atoms with Crippen molar-refractivity contribution in [1.82, 2.24) is 15.9 Å². The molecule has 0 amide bonds.